The second-order valence-corrected chi connectivity index (χ2v) is 3.83. The van der Waals surface area contributed by atoms with Crippen LogP contribution >= 0.6 is 0 Å². The van der Waals surface area contributed by atoms with Crippen molar-refractivity contribution in [1.82, 2.24) is 20.2 Å². The van der Waals surface area contributed by atoms with Crippen molar-refractivity contribution in [3.05, 3.63) is 24.3 Å². The van der Waals surface area contributed by atoms with Crippen molar-refractivity contribution in [2.24, 2.45) is 0 Å². The zero-order valence-corrected chi connectivity index (χ0v) is 9.43. The summed E-state index contributed by atoms with van der Waals surface area (Å²) in [5.41, 5.74) is 0.292. The van der Waals surface area contributed by atoms with Crippen LogP contribution in [0.25, 0.3) is 0 Å². The first-order valence-corrected chi connectivity index (χ1v) is 5.59. The van der Waals surface area contributed by atoms with Crippen LogP contribution in [0.3, 0.4) is 0 Å². The van der Waals surface area contributed by atoms with E-state index in [0.717, 1.165) is 13.0 Å². The zero-order valence-electron chi connectivity index (χ0n) is 9.43. The number of carbonyl (C=O) groups excluding carboxylic acids is 2. The Morgan fingerprint density at radius 3 is 3.00 bits per heavy atom. The van der Waals surface area contributed by atoms with Crippen LogP contribution in [0.5, 0.6) is 0 Å². The second-order valence-electron chi connectivity index (χ2n) is 3.83. The molecule has 17 heavy (non-hydrogen) atoms. The summed E-state index contributed by atoms with van der Waals surface area (Å²) in [4.78, 5) is 32.4. The molecule has 0 unspecified atom stereocenters. The molecule has 0 aromatic carbocycles. The van der Waals surface area contributed by atoms with Crippen LogP contribution in [-0.4, -0.2) is 46.3 Å². The van der Waals surface area contributed by atoms with Crippen molar-refractivity contribution in [3.8, 4) is 0 Å². The standard InChI is InChI=1S/C11H14N4O2/c16-10-2-1-6-15(10)7-5-14-11(17)9-8-12-3-4-13-9/h3-4,8H,1-2,5-7H2,(H,14,17). The van der Waals surface area contributed by atoms with Crippen molar-refractivity contribution in [1.29, 1.82) is 0 Å². The van der Waals surface area contributed by atoms with Gasteiger partial charge in [-0.2, -0.15) is 0 Å². The van der Waals surface area contributed by atoms with E-state index in [9.17, 15) is 9.59 Å². The van der Waals surface area contributed by atoms with E-state index < -0.39 is 0 Å². The van der Waals surface area contributed by atoms with Crippen LogP contribution in [0.1, 0.15) is 23.3 Å². The van der Waals surface area contributed by atoms with Crippen molar-refractivity contribution >= 4 is 11.8 Å². The van der Waals surface area contributed by atoms with Gasteiger partial charge in [0.05, 0.1) is 6.20 Å². The van der Waals surface area contributed by atoms with Crippen LogP contribution in [0.2, 0.25) is 0 Å². The highest BCUT2D eigenvalue weighted by atomic mass is 16.2. The van der Waals surface area contributed by atoms with Gasteiger partial charge in [0.15, 0.2) is 0 Å². The Kier molecular flexibility index (Phi) is 3.64. The van der Waals surface area contributed by atoms with Gasteiger partial charge in [-0.25, -0.2) is 4.98 Å². The SMILES string of the molecule is O=C(NCCN1CCCC1=O)c1cnccn1. The number of nitrogens with zero attached hydrogens (tertiary/aromatic N) is 3. The highest BCUT2D eigenvalue weighted by Crippen LogP contribution is 2.07. The summed E-state index contributed by atoms with van der Waals surface area (Å²) < 4.78 is 0. The minimum Gasteiger partial charge on any atom is -0.349 e. The predicted molar refractivity (Wildman–Crippen MR) is 60.2 cm³/mol. The molecule has 0 atom stereocenters. The molecule has 6 heteroatoms. The molecule has 0 spiro atoms. The Bertz CT molecular complexity index is 407. The maximum Gasteiger partial charge on any atom is 0.271 e. The molecular weight excluding hydrogens is 220 g/mol. The monoisotopic (exact) mass is 234 g/mol. The molecule has 0 radical (unpaired) electrons. The predicted octanol–water partition coefficient (Wildman–Crippen LogP) is -0.171. The normalized spacial score (nSPS) is 15.1. The van der Waals surface area contributed by atoms with Crippen LogP contribution in [0, 0.1) is 0 Å². The Balaban J connectivity index is 1.75. The van der Waals surface area contributed by atoms with Crippen LogP contribution in [0.4, 0.5) is 0 Å². The Morgan fingerprint density at radius 2 is 2.35 bits per heavy atom. The summed E-state index contributed by atoms with van der Waals surface area (Å²) in [7, 11) is 0. The van der Waals surface area contributed by atoms with Crippen LogP contribution in [0.15, 0.2) is 18.6 Å². The van der Waals surface area contributed by atoms with Crippen LogP contribution in [-0.2, 0) is 4.79 Å². The molecule has 0 bridgehead atoms. The third-order valence-electron chi connectivity index (χ3n) is 2.63. The molecule has 2 amide bonds. The topological polar surface area (TPSA) is 75.2 Å². The fourth-order valence-corrected chi connectivity index (χ4v) is 1.75. The maximum atomic E-state index is 11.6. The largest absolute Gasteiger partial charge is 0.349 e. The Morgan fingerprint density at radius 1 is 1.47 bits per heavy atom. The second kappa shape index (κ2) is 5.38. The average Bonchev–Trinajstić information content (AvgIpc) is 2.76. The number of hydrogen-bond donors (Lipinski definition) is 1. The summed E-state index contributed by atoms with van der Waals surface area (Å²) in [6.45, 7) is 1.80. The highest BCUT2D eigenvalue weighted by Gasteiger charge is 2.19. The number of aromatic nitrogens is 2. The molecule has 1 aromatic rings. The fraction of sp³-hybridized carbons (Fsp3) is 0.455. The lowest BCUT2D eigenvalue weighted by molar-refractivity contribution is -0.127. The van der Waals surface area contributed by atoms with E-state index in [1.807, 2.05) is 0 Å². The number of likely N-dealkylation sites (tertiary alicyclic amines) is 1. The summed E-state index contributed by atoms with van der Waals surface area (Å²) in [6, 6.07) is 0. The molecule has 1 N–H and O–H groups in total. The minimum absolute atomic E-state index is 0.166. The highest BCUT2D eigenvalue weighted by molar-refractivity contribution is 5.91. The summed E-state index contributed by atoms with van der Waals surface area (Å²) in [5.74, 6) is -0.0940. The van der Waals surface area contributed by atoms with Crippen molar-refractivity contribution in [2.75, 3.05) is 19.6 Å². The van der Waals surface area contributed by atoms with Crippen LogP contribution < -0.4 is 5.32 Å². The van der Waals surface area contributed by atoms with Crippen molar-refractivity contribution < 1.29 is 9.59 Å². The first kappa shape index (κ1) is 11.5. The average molecular weight is 234 g/mol. The van der Waals surface area contributed by atoms with Gasteiger partial charge in [-0.3, -0.25) is 14.6 Å². The smallest absolute Gasteiger partial charge is 0.271 e. The first-order chi connectivity index (χ1) is 8.27. The van der Waals surface area contributed by atoms with E-state index in [0.29, 0.717) is 25.2 Å². The fourth-order valence-electron chi connectivity index (χ4n) is 1.75. The Hall–Kier alpha value is -1.98. The lowest BCUT2D eigenvalue weighted by atomic mass is 10.4. The summed E-state index contributed by atoms with van der Waals surface area (Å²) in [6.07, 6.45) is 5.93. The third kappa shape index (κ3) is 2.99. The lowest BCUT2D eigenvalue weighted by Gasteiger charge is -2.15. The van der Waals surface area contributed by atoms with Gasteiger partial charge in [0.1, 0.15) is 5.69 Å². The van der Waals surface area contributed by atoms with E-state index in [4.69, 9.17) is 0 Å². The van der Waals surface area contributed by atoms with Gasteiger partial charge in [-0.05, 0) is 6.42 Å². The third-order valence-corrected chi connectivity index (χ3v) is 2.63. The molecule has 1 aliphatic heterocycles. The summed E-state index contributed by atoms with van der Waals surface area (Å²) >= 11 is 0. The van der Waals surface area contributed by atoms with Gasteiger partial charge in [0.25, 0.3) is 5.91 Å². The van der Waals surface area contributed by atoms with Crippen molar-refractivity contribution in [2.45, 2.75) is 12.8 Å². The molecule has 2 heterocycles. The maximum absolute atomic E-state index is 11.6. The van der Waals surface area contributed by atoms with Gasteiger partial charge in [0.2, 0.25) is 5.91 Å². The molecule has 90 valence electrons. The molecule has 1 fully saturated rings. The number of carbonyl (C=O) groups is 2. The Labute approximate surface area is 99.1 Å². The van der Waals surface area contributed by atoms with Gasteiger partial charge in [-0.15, -0.1) is 0 Å². The summed E-state index contributed by atoms with van der Waals surface area (Å²) in [5, 5.41) is 2.71. The molecule has 0 saturated carbocycles. The first-order valence-electron chi connectivity index (χ1n) is 5.59. The quantitative estimate of drug-likeness (QED) is 0.784. The van der Waals surface area contributed by atoms with Gasteiger partial charge < -0.3 is 10.2 Å². The van der Waals surface area contributed by atoms with Gasteiger partial charge >= 0.3 is 0 Å². The number of nitrogens with one attached hydrogen (secondary N) is 1. The zero-order chi connectivity index (χ0) is 12.1. The van der Waals surface area contributed by atoms with Gasteiger partial charge in [0, 0.05) is 38.4 Å². The molecule has 0 aliphatic carbocycles. The molecule has 2 rings (SSSR count). The number of amides is 2. The van der Waals surface area contributed by atoms with E-state index in [-0.39, 0.29) is 11.8 Å². The molecule has 1 aromatic heterocycles. The van der Waals surface area contributed by atoms with E-state index in [1.54, 1.807) is 4.90 Å². The molecule has 1 saturated heterocycles. The minimum atomic E-state index is -0.259. The molecule has 1 aliphatic rings. The lowest BCUT2D eigenvalue weighted by Crippen LogP contribution is -2.35. The van der Waals surface area contributed by atoms with Crippen molar-refractivity contribution in [3.63, 3.8) is 0 Å². The van der Waals surface area contributed by atoms with E-state index >= 15 is 0 Å². The molecular formula is C11H14N4O2. The number of rotatable bonds is 4. The number of hydrogen-bond acceptors (Lipinski definition) is 4. The van der Waals surface area contributed by atoms with Gasteiger partial charge in [-0.1, -0.05) is 0 Å². The molecule has 6 nitrogen and oxygen atoms in total. The van der Waals surface area contributed by atoms with E-state index in [2.05, 4.69) is 15.3 Å². The van der Waals surface area contributed by atoms with E-state index in [1.165, 1.54) is 18.6 Å².